The Kier molecular flexibility index (Phi) is 4.92. The molecule has 1 aromatic heterocycles. The minimum Gasteiger partial charge on any atom is -0.497 e. The molecule has 0 fully saturated rings. The molecule has 1 aromatic carbocycles. The van der Waals surface area contributed by atoms with Crippen LogP contribution in [0.4, 0.5) is 0 Å². The molecule has 0 saturated heterocycles. The minimum absolute atomic E-state index is 0.131. The van der Waals surface area contributed by atoms with Crippen LogP contribution >= 0.6 is 0 Å². The summed E-state index contributed by atoms with van der Waals surface area (Å²) in [6, 6.07) is 7.58. The standard InChI is InChI=1S/C14H17N3O5S/c1-17-8-4-5-11(17)14(18)15-16-23(19,20)13-9-10(21-2)6-7-12(13)22-3/h4-9,16H,1-3H3,(H,15,18). The Morgan fingerprint density at radius 3 is 2.48 bits per heavy atom. The number of hydrazine groups is 1. The first-order valence-electron chi connectivity index (χ1n) is 6.54. The molecule has 2 aromatic rings. The fraction of sp³-hybridized carbons (Fsp3) is 0.214. The smallest absolute Gasteiger partial charge is 0.282 e. The first-order valence-corrected chi connectivity index (χ1v) is 8.03. The molecule has 23 heavy (non-hydrogen) atoms. The highest BCUT2D eigenvalue weighted by molar-refractivity contribution is 7.89. The minimum atomic E-state index is -4.03. The third kappa shape index (κ3) is 3.63. The van der Waals surface area contributed by atoms with Crippen LogP contribution in [0, 0.1) is 0 Å². The van der Waals surface area contributed by atoms with Gasteiger partial charge >= 0.3 is 0 Å². The Hall–Kier alpha value is -2.52. The fourth-order valence-corrected chi connectivity index (χ4v) is 2.95. The van der Waals surface area contributed by atoms with Gasteiger partial charge in [0.25, 0.3) is 15.9 Å². The molecule has 8 nitrogen and oxygen atoms in total. The average Bonchev–Trinajstić information content (AvgIpc) is 2.98. The van der Waals surface area contributed by atoms with Crippen molar-refractivity contribution < 1.29 is 22.7 Å². The maximum Gasteiger partial charge on any atom is 0.282 e. The lowest BCUT2D eigenvalue weighted by atomic mass is 10.3. The second-order valence-corrected chi connectivity index (χ2v) is 6.23. The number of ether oxygens (including phenoxy) is 2. The Bertz CT molecular complexity index is 814. The molecule has 124 valence electrons. The molecule has 1 amide bonds. The number of amides is 1. The number of nitrogens with one attached hydrogen (secondary N) is 2. The third-order valence-electron chi connectivity index (χ3n) is 3.14. The van der Waals surface area contributed by atoms with Gasteiger partial charge in [0.2, 0.25) is 0 Å². The number of benzene rings is 1. The topological polar surface area (TPSA) is 98.7 Å². The van der Waals surface area contributed by atoms with Crippen molar-refractivity contribution in [3.05, 3.63) is 42.2 Å². The van der Waals surface area contributed by atoms with Gasteiger partial charge in [-0.1, -0.05) is 0 Å². The molecule has 0 radical (unpaired) electrons. The van der Waals surface area contributed by atoms with E-state index in [-0.39, 0.29) is 10.6 Å². The molecule has 0 aliphatic heterocycles. The van der Waals surface area contributed by atoms with Gasteiger partial charge in [-0.2, -0.15) is 0 Å². The quantitative estimate of drug-likeness (QED) is 0.754. The molecule has 1 heterocycles. The van der Waals surface area contributed by atoms with E-state index >= 15 is 0 Å². The number of hydrogen-bond acceptors (Lipinski definition) is 5. The van der Waals surface area contributed by atoms with Gasteiger partial charge in [0, 0.05) is 19.3 Å². The van der Waals surface area contributed by atoms with Crippen molar-refractivity contribution in [1.82, 2.24) is 14.8 Å². The average molecular weight is 339 g/mol. The molecular formula is C14H17N3O5S. The molecule has 0 aliphatic carbocycles. The van der Waals surface area contributed by atoms with E-state index in [1.807, 2.05) is 4.83 Å². The number of rotatable bonds is 6. The summed E-state index contributed by atoms with van der Waals surface area (Å²) in [6.07, 6.45) is 1.68. The Balaban J connectivity index is 2.22. The molecule has 0 spiro atoms. The van der Waals surface area contributed by atoms with Crippen LogP contribution in [0.3, 0.4) is 0 Å². The lowest BCUT2D eigenvalue weighted by Crippen LogP contribution is -2.42. The van der Waals surface area contributed by atoms with Gasteiger partial charge in [-0.05, 0) is 24.3 Å². The van der Waals surface area contributed by atoms with Gasteiger partial charge in [-0.25, -0.2) is 8.42 Å². The van der Waals surface area contributed by atoms with Gasteiger partial charge < -0.3 is 14.0 Å². The second kappa shape index (κ2) is 6.71. The number of carbonyl (C=O) groups is 1. The van der Waals surface area contributed by atoms with Gasteiger partial charge in [-0.15, -0.1) is 4.83 Å². The predicted octanol–water partition coefficient (Wildman–Crippen LogP) is 0.666. The third-order valence-corrected chi connectivity index (χ3v) is 4.40. The van der Waals surface area contributed by atoms with Gasteiger partial charge in [0.05, 0.1) is 14.2 Å². The summed E-state index contributed by atoms with van der Waals surface area (Å²) in [6.45, 7) is 0. The van der Waals surface area contributed by atoms with Crippen molar-refractivity contribution in [3.63, 3.8) is 0 Å². The van der Waals surface area contributed by atoms with Gasteiger partial charge in [0.15, 0.2) is 0 Å². The summed E-state index contributed by atoms with van der Waals surface area (Å²) in [4.78, 5) is 13.9. The molecule has 0 atom stereocenters. The largest absolute Gasteiger partial charge is 0.497 e. The van der Waals surface area contributed by atoms with Crippen LogP contribution in [-0.2, 0) is 17.1 Å². The predicted molar refractivity (Wildman–Crippen MR) is 82.7 cm³/mol. The van der Waals surface area contributed by atoms with Crippen LogP contribution in [0.25, 0.3) is 0 Å². The molecule has 0 aliphatic rings. The van der Waals surface area contributed by atoms with E-state index in [0.717, 1.165) is 0 Å². The van der Waals surface area contributed by atoms with Crippen LogP contribution < -0.4 is 19.7 Å². The van der Waals surface area contributed by atoms with Crippen LogP contribution in [-0.4, -0.2) is 33.1 Å². The van der Waals surface area contributed by atoms with Crippen molar-refractivity contribution in [2.45, 2.75) is 4.90 Å². The molecular weight excluding hydrogens is 322 g/mol. The van der Waals surface area contributed by atoms with E-state index in [4.69, 9.17) is 9.47 Å². The maximum absolute atomic E-state index is 12.4. The number of hydrogen-bond donors (Lipinski definition) is 2. The zero-order chi connectivity index (χ0) is 17.0. The summed E-state index contributed by atoms with van der Waals surface area (Å²) < 4.78 is 36.4. The monoisotopic (exact) mass is 339 g/mol. The van der Waals surface area contributed by atoms with Crippen molar-refractivity contribution in [2.75, 3.05) is 14.2 Å². The molecule has 2 rings (SSSR count). The summed E-state index contributed by atoms with van der Waals surface area (Å²) in [5.74, 6) is -0.103. The fourth-order valence-electron chi connectivity index (χ4n) is 1.92. The number of methoxy groups -OCH3 is 2. The first kappa shape index (κ1) is 16.8. The summed E-state index contributed by atoms with van der Waals surface area (Å²) in [7, 11) is 0.414. The number of sulfonamides is 1. The Morgan fingerprint density at radius 2 is 1.91 bits per heavy atom. The lowest BCUT2D eigenvalue weighted by Gasteiger charge is -2.13. The Morgan fingerprint density at radius 1 is 1.17 bits per heavy atom. The van der Waals surface area contributed by atoms with Crippen LogP contribution in [0.1, 0.15) is 10.5 Å². The Labute approximate surface area is 134 Å². The number of carbonyl (C=O) groups excluding carboxylic acids is 1. The highest BCUT2D eigenvalue weighted by atomic mass is 32.2. The maximum atomic E-state index is 12.4. The summed E-state index contributed by atoms with van der Waals surface area (Å²) in [5.41, 5.74) is 2.47. The van der Waals surface area contributed by atoms with Crippen molar-refractivity contribution in [1.29, 1.82) is 0 Å². The van der Waals surface area contributed by atoms with E-state index in [1.54, 1.807) is 36.0 Å². The van der Waals surface area contributed by atoms with Crippen molar-refractivity contribution >= 4 is 15.9 Å². The highest BCUT2D eigenvalue weighted by Crippen LogP contribution is 2.27. The molecule has 9 heteroatoms. The summed E-state index contributed by atoms with van der Waals surface area (Å²) in [5, 5.41) is 0. The zero-order valence-corrected chi connectivity index (χ0v) is 13.7. The number of nitrogens with zero attached hydrogens (tertiary/aromatic N) is 1. The molecule has 0 bridgehead atoms. The van der Waals surface area contributed by atoms with E-state index in [1.165, 1.54) is 26.4 Å². The SMILES string of the molecule is COc1ccc(OC)c(S(=O)(=O)NNC(=O)c2cccn2C)c1. The van der Waals surface area contributed by atoms with Gasteiger partial charge in [-0.3, -0.25) is 10.2 Å². The molecule has 0 saturated carbocycles. The lowest BCUT2D eigenvalue weighted by molar-refractivity contribution is 0.0937. The van der Waals surface area contributed by atoms with E-state index in [9.17, 15) is 13.2 Å². The van der Waals surface area contributed by atoms with Crippen molar-refractivity contribution in [2.24, 2.45) is 7.05 Å². The van der Waals surface area contributed by atoms with Gasteiger partial charge in [0.1, 0.15) is 22.1 Å². The first-order chi connectivity index (χ1) is 10.9. The highest BCUT2D eigenvalue weighted by Gasteiger charge is 2.22. The van der Waals surface area contributed by atoms with E-state index in [2.05, 4.69) is 5.43 Å². The van der Waals surface area contributed by atoms with Crippen LogP contribution in [0.5, 0.6) is 11.5 Å². The van der Waals surface area contributed by atoms with Crippen LogP contribution in [0.15, 0.2) is 41.4 Å². The van der Waals surface area contributed by atoms with E-state index < -0.39 is 15.9 Å². The summed E-state index contributed by atoms with van der Waals surface area (Å²) >= 11 is 0. The van der Waals surface area contributed by atoms with Crippen LogP contribution in [0.2, 0.25) is 0 Å². The number of aryl methyl sites for hydroxylation is 1. The van der Waals surface area contributed by atoms with Crippen molar-refractivity contribution in [3.8, 4) is 11.5 Å². The second-order valence-electron chi connectivity index (χ2n) is 4.58. The van der Waals surface area contributed by atoms with E-state index in [0.29, 0.717) is 11.4 Å². The molecule has 0 unspecified atom stereocenters. The zero-order valence-electron chi connectivity index (χ0n) is 12.9. The number of aromatic nitrogens is 1. The normalized spacial score (nSPS) is 11.1. The molecule has 2 N–H and O–H groups in total.